The molecule has 0 saturated carbocycles. The van der Waals surface area contributed by atoms with Crippen molar-refractivity contribution in [3.8, 4) is 0 Å². The van der Waals surface area contributed by atoms with Crippen molar-refractivity contribution in [3.05, 3.63) is 21.9 Å². The van der Waals surface area contributed by atoms with Crippen LogP contribution in [0.3, 0.4) is 0 Å². The first-order valence-electron chi connectivity index (χ1n) is 3.31. The van der Waals surface area contributed by atoms with E-state index < -0.39 is 11.1 Å². The number of aliphatic hydroxyl groups is 1. The third-order valence-electron chi connectivity index (χ3n) is 1.30. The summed E-state index contributed by atoms with van der Waals surface area (Å²) in [5.74, 6) is 0. The Bertz CT molecular complexity index is 253. The molecule has 0 bridgehead atoms. The normalized spacial score (nSPS) is 12.0. The predicted octanol–water partition coefficient (Wildman–Crippen LogP) is 2.30. The highest BCUT2D eigenvalue weighted by molar-refractivity contribution is 7.12. The molecule has 1 heterocycles. The number of thiophene rings is 1. The highest BCUT2D eigenvalue weighted by atomic mass is 32.1. The van der Waals surface area contributed by atoms with Gasteiger partial charge in [0.25, 0.3) is 0 Å². The molecule has 0 aliphatic heterocycles. The lowest BCUT2D eigenvalue weighted by Gasteiger charge is -2.00. The minimum Gasteiger partial charge on any atom is -0.396 e. The maximum Gasteiger partial charge on any atom is 0.425 e. The van der Waals surface area contributed by atoms with E-state index in [9.17, 15) is 13.2 Å². The molecule has 0 amide bonds. The molecule has 0 unspecified atom stereocenters. The average Bonchev–Trinajstić information content (AvgIpc) is 2.35. The number of aliphatic hydroxyl groups excluding tert-OH is 1. The van der Waals surface area contributed by atoms with Crippen molar-refractivity contribution in [1.29, 1.82) is 0 Å². The predicted molar refractivity (Wildman–Crippen MR) is 40.1 cm³/mol. The van der Waals surface area contributed by atoms with Gasteiger partial charge in [-0.3, -0.25) is 0 Å². The summed E-state index contributed by atoms with van der Waals surface area (Å²) in [6.45, 7) is -0.113. The van der Waals surface area contributed by atoms with E-state index in [-0.39, 0.29) is 6.61 Å². The first-order chi connectivity index (χ1) is 5.54. The van der Waals surface area contributed by atoms with Gasteiger partial charge in [0.05, 0.1) is 0 Å². The number of rotatable bonds is 2. The number of hydrogen-bond acceptors (Lipinski definition) is 2. The fourth-order valence-corrected chi connectivity index (χ4v) is 1.64. The van der Waals surface area contributed by atoms with Crippen molar-refractivity contribution in [3.63, 3.8) is 0 Å². The molecular formula is C7H7F3OS. The van der Waals surface area contributed by atoms with Crippen molar-refractivity contribution in [1.82, 2.24) is 0 Å². The van der Waals surface area contributed by atoms with Crippen LogP contribution in [0.5, 0.6) is 0 Å². The first kappa shape index (κ1) is 9.54. The zero-order valence-electron chi connectivity index (χ0n) is 6.06. The molecule has 0 atom stereocenters. The third-order valence-corrected chi connectivity index (χ3v) is 2.49. The maximum absolute atomic E-state index is 12.0. The summed E-state index contributed by atoms with van der Waals surface area (Å²) in [4.78, 5) is -0.0456. The van der Waals surface area contributed by atoms with Gasteiger partial charge in [0.2, 0.25) is 0 Å². The van der Waals surface area contributed by atoms with E-state index in [2.05, 4.69) is 0 Å². The minimum absolute atomic E-state index is 0.113. The van der Waals surface area contributed by atoms with Crippen LogP contribution in [-0.4, -0.2) is 11.7 Å². The number of halogens is 3. The summed E-state index contributed by atoms with van der Waals surface area (Å²) in [6, 6.07) is 2.43. The second kappa shape index (κ2) is 3.45. The van der Waals surface area contributed by atoms with Gasteiger partial charge in [-0.05, 0) is 12.1 Å². The molecular weight excluding hydrogens is 189 g/mol. The van der Waals surface area contributed by atoms with Crippen LogP contribution in [-0.2, 0) is 12.6 Å². The lowest BCUT2D eigenvalue weighted by Crippen LogP contribution is -2.00. The molecule has 0 fully saturated rings. The minimum atomic E-state index is -4.25. The average molecular weight is 196 g/mol. The largest absolute Gasteiger partial charge is 0.425 e. The monoisotopic (exact) mass is 196 g/mol. The van der Waals surface area contributed by atoms with E-state index in [1.807, 2.05) is 0 Å². The zero-order valence-corrected chi connectivity index (χ0v) is 6.87. The Hall–Kier alpha value is -0.550. The molecule has 5 heteroatoms. The topological polar surface area (TPSA) is 20.2 Å². The van der Waals surface area contributed by atoms with Crippen LogP contribution < -0.4 is 0 Å². The molecule has 0 aliphatic carbocycles. The fourth-order valence-electron chi connectivity index (χ4n) is 0.775. The van der Waals surface area contributed by atoms with Crippen LogP contribution in [0.25, 0.3) is 0 Å². The van der Waals surface area contributed by atoms with Gasteiger partial charge in [-0.2, -0.15) is 13.2 Å². The lowest BCUT2D eigenvalue weighted by atomic mass is 10.3. The summed E-state index contributed by atoms with van der Waals surface area (Å²) >= 11 is 0.679. The van der Waals surface area contributed by atoms with Gasteiger partial charge in [-0.25, -0.2) is 0 Å². The number of hydrogen-bond donors (Lipinski definition) is 1. The van der Waals surface area contributed by atoms with Crippen LogP contribution in [0.15, 0.2) is 12.1 Å². The molecule has 0 radical (unpaired) electrons. The Kier molecular flexibility index (Phi) is 2.74. The Morgan fingerprint density at radius 1 is 1.33 bits per heavy atom. The molecule has 1 rings (SSSR count). The van der Waals surface area contributed by atoms with Crippen molar-refractivity contribution >= 4 is 11.3 Å². The molecule has 68 valence electrons. The van der Waals surface area contributed by atoms with Gasteiger partial charge in [0.15, 0.2) is 0 Å². The lowest BCUT2D eigenvalue weighted by molar-refractivity contribution is -0.134. The standard InChI is InChI=1S/C7H7F3OS/c8-7(9,10)6-2-1-5(12-6)3-4-11/h1-2,11H,3-4H2. The summed E-state index contributed by atoms with van der Waals surface area (Å²) < 4.78 is 36.0. The summed E-state index contributed by atoms with van der Waals surface area (Å²) in [5, 5.41) is 8.46. The van der Waals surface area contributed by atoms with Crippen molar-refractivity contribution in [2.75, 3.05) is 6.61 Å². The Balaban J connectivity index is 2.77. The van der Waals surface area contributed by atoms with Crippen molar-refractivity contribution in [2.45, 2.75) is 12.6 Å². The highest BCUT2D eigenvalue weighted by Crippen LogP contribution is 2.34. The SMILES string of the molecule is OCCc1ccc(C(F)(F)F)s1. The Morgan fingerprint density at radius 2 is 2.00 bits per heavy atom. The maximum atomic E-state index is 12.0. The van der Waals surface area contributed by atoms with Gasteiger partial charge < -0.3 is 5.11 Å². The molecule has 0 spiro atoms. The number of alkyl halides is 3. The zero-order chi connectivity index (χ0) is 9.19. The fraction of sp³-hybridized carbons (Fsp3) is 0.429. The Labute approximate surface area is 71.5 Å². The van der Waals surface area contributed by atoms with Crippen LogP contribution in [0.1, 0.15) is 9.75 Å². The van der Waals surface area contributed by atoms with Gasteiger partial charge in [-0.1, -0.05) is 0 Å². The van der Waals surface area contributed by atoms with E-state index in [4.69, 9.17) is 5.11 Å². The highest BCUT2D eigenvalue weighted by Gasteiger charge is 2.32. The third kappa shape index (κ3) is 2.22. The van der Waals surface area contributed by atoms with Crippen LogP contribution >= 0.6 is 11.3 Å². The molecule has 0 saturated heterocycles. The molecule has 1 nitrogen and oxygen atoms in total. The van der Waals surface area contributed by atoms with Crippen LogP contribution in [0, 0.1) is 0 Å². The van der Waals surface area contributed by atoms with Crippen molar-refractivity contribution < 1.29 is 18.3 Å². The molecule has 0 aliphatic rings. The molecule has 1 N–H and O–H groups in total. The van der Waals surface area contributed by atoms with E-state index in [0.29, 0.717) is 22.6 Å². The van der Waals surface area contributed by atoms with Gasteiger partial charge in [-0.15, -0.1) is 11.3 Å². The second-order valence-corrected chi connectivity index (χ2v) is 3.41. The smallest absolute Gasteiger partial charge is 0.396 e. The summed E-state index contributed by atoms with van der Waals surface area (Å²) in [6.07, 6.45) is -3.96. The first-order valence-corrected chi connectivity index (χ1v) is 4.12. The van der Waals surface area contributed by atoms with Gasteiger partial charge in [0.1, 0.15) is 4.88 Å². The van der Waals surface area contributed by atoms with Crippen LogP contribution in [0.4, 0.5) is 13.2 Å². The van der Waals surface area contributed by atoms with Crippen molar-refractivity contribution in [2.24, 2.45) is 0 Å². The van der Waals surface area contributed by atoms with Gasteiger partial charge >= 0.3 is 6.18 Å². The second-order valence-electron chi connectivity index (χ2n) is 2.24. The van der Waals surface area contributed by atoms with E-state index in [0.717, 1.165) is 6.07 Å². The molecule has 1 aromatic heterocycles. The summed E-state index contributed by atoms with van der Waals surface area (Å²) in [7, 11) is 0. The quantitative estimate of drug-likeness (QED) is 0.769. The van der Waals surface area contributed by atoms with E-state index in [1.54, 1.807) is 0 Å². The van der Waals surface area contributed by atoms with Gasteiger partial charge in [0, 0.05) is 17.9 Å². The van der Waals surface area contributed by atoms with E-state index >= 15 is 0 Å². The van der Waals surface area contributed by atoms with Crippen LogP contribution in [0.2, 0.25) is 0 Å². The summed E-state index contributed by atoms with van der Waals surface area (Å²) in [5.41, 5.74) is 0. The molecule has 0 aromatic carbocycles. The molecule has 12 heavy (non-hydrogen) atoms. The Morgan fingerprint density at radius 3 is 2.42 bits per heavy atom. The van der Waals surface area contributed by atoms with E-state index in [1.165, 1.54) is 6.07 Å². The molecule has 1 aromatic rings.